The summed E-state index contributed by atoms with van der Waals surface area (Å²) in [4.78, 5) is 16.6. The Hall–Kier alpha value is -3.49. The fourth-order valence-corrected chi connectivity index (χ4v) is 5.03. The number of aromatic nitrogens is 5. The number of fused-ring (bicyclic) bond motifs is 2. The van der Waals surface area contributed by atoms with E-state index in [0.717, 1.165) is 77.6 Å². The molecular weight excluding hydrogens is 452 g/mol. The highest BCUT2D eigenvalue weighted by atomic mass is 28.1. The molecule has 5 heterocycles. The number of ether oxygens (including phenoxy) is 1. The predicted molar refractivity (Wildman–Crippen MR) is 140 cm³/mol. The predicted octanol–water partition coefficient (Wildman–Crippen LogP) is 4.10. The van der Waals surface area contributed by atoms with Gasteiger partial charge < -0.3 is 9.64 Å². The van der Waals surface area contributed by atoms with Gasteiger partial charge in [-0.25, -0.2) is 9.97 Å². The van der Waals surface area contributed by atoms with Crippen molar-refractivity contribution < 1.29 is 4.74 Å². The molecular formula is C27H27N6OSi. The van der Waals surface area contributed by atoms with Crippen molar-refractivity contribution >= 4 is 38.1 Å². The average Bonchev–Trinajstić information content (AvgIpc) is 2.91. The lowest BCUT2D eigenvalue weighted by Gasteiger charge is -2.28. The number of hydrogen-bond donors (Lipinski definition) is 0. The Bertz CT molecular complexity index is 1500. The van der Waals surface area contributed by atoms with E-state index in [4.69, 9.17) is 14.7 Å². The number of anilines is 1. The van der Waals surface area contributed by atoms with Gasteiger partial charge in [-0.1, -0.05) is 19.1 Å². The van der Waals surface area contributed by atoms with Gasteiger partial charge in [0.05, 0.1) is 31.0 Å². The Morgan fingerprint density at radius 3 is 2.69 bits per heavy atom. The van der Waals surface area contributed by atoms with Gasteiger partial charge in [-0.3, -0.25) is 14.3 Å². The molecule has 1 saturated heterocycles. The number of nitrogens with zero attached hydrogens (tertiary/aromatic N) is 6. The monoisotopic (exact) mass is 479 g/mol. The number of rotatable bonds is 5. The summed E-state index contributed by atoms with van der Waals surface area (Å²) >= 11 is 0. The second-order valence-electron chi connectivity index (χ2n) is 9.11. The van der Waals surface area contributed by atoms with Gasteiger partial charge >= 0.3 is 0 Å². The molecule has 1 unspecified atom stereocenters. The largest absolute Gasteiger partial charge is 0.378 e. The van der Waals surface area contributed by atoms with Crippen molar-refractivity contribution in [3.8, 4) is 11.3 Å². The molecule has 0 spiro atoms. The SMILES string of the molecule is CC([Si])c1cc2c(nc1-c1ccc(N3CCOCC3)nc1)n(Cc1ccc3ncccc3c1)n2C. The molecule has 0 aliphatic carbocycles. The van der Waals surface area contributed by atoms with E-state index in [0.29, 0.717) is 0 Å². The zero-order valence-electron chi connectivity index (χ0n) is 20.0. The summed E-state index contributed by atoms with van der Waals surface area (Å²) in [6, 6.07) is 17.0. The first kappa shape index (κ1) is 22.0. The molecule has 1 atom stereocenters. The van der Waals surface area contributed by atoms with Gasteiger partial charge in [0.1, 0.15) is 11.3 Å². The number of aryl methyl sites for hydroxylation is 1. The van der Waals surface area contributed by atoms with Crippen molar-refractivity contribution in [2.75, 3.05) is 31.2 Å². The van der Waals surface area contributed by atoms with E-state index >= 15 is 0 Å². The van der Waals surface area contributed by atoms with Gasteiger partial charge in [-0.2, -0.15) is 0 Å². The third-order valence-electron chi connectivity index (χ3n) is 6.79. The molecule has 0 bridgehead atoms. The lowest BCUT2D eigenvalue weighted by molar-refractivity contribution is 0.122. The first-order chi connectivity index (χ1) is 17.1. The third-order valence-corrected chi connectivity index (χ3v) is 7.10. The highest BCUT2D eigenvalue weighted by Gasteiger charge is 2.20. The maximum absolute atomic E-state index is 5.47. The highest BCUT2D eigenvalue weighted by molar-refractivity contribution is 6.13. The Kier molecular flexibility index (Phi) is 5.62. The lowest BCUT2D eigenvalue weighted by Crippen LogP contribution is -2.36. The first-order valence-corrected chi connectivity index (χ1v) is 12.6. The van der Waals surface area contributed by atoms with E-state index in [9.17, 15) is 0 Å². The molecule has 1 aromatic carbocycles. The fourth-order valence-electron chi connectivity index (χ4n) is 4.81. The summed E-state index contributed by atoms with van der Waals surface area (Å²) in [5, 5.41) is 1.15. The van der Waals surface area contributed by atoms with Crippen molar-refractivity contribution in [1.82, 2.24) is 24.3 Å². The van der Waals surface area contributed by atoms with Crippen LogP contribution in [0.4, 0.5) is 5.82 Å². The van der Waals surface area contributed by atoms with Gasteiger partial charge in [0.15, 0.2) is 5.65 Å². The average molecular weight is 480 g/mol. The summed E-state index contributed by atoms with van der Waals surface area (Å²) < 4.78 is 9.87. The Balaban J connectivity index is 1.36. The minimum Gasteiger partial charge on any atom is -0.378 e. The molecule has 4 aromatic heterocycles. The normalized spacial score (nSPS) is 15.2. The molecule has 1 fully saturated rings. The van der Waals surface area contributed by atoms with Crippen molar-refractivity contribution in [2.24, 2.45) is 7.05 Å². The highest BCUT2D eigenvalue weighted by Crippen LogP contribution is 2.32. The zero-order valence-corrected chi connectivity index (χ0v) is 21.0. The molecule has 0 amide bonds. The van der Waals surface area contributed by atoms with E-state index in [-0.39, 0.29) is 5.54 Å². The maximum atomic E-state index is 5.47. The molecule has 8 heteroatoms. The standard InChI is InChI=1S/C27H27N6OSi/c1-18(35)22-15-24-27(30-26(22)21-6-8-25(29-16-21)32-10-12-34-13-11-32)33(31(24)2)17-19-5-7-23-20(14-19)4-3-9-28-23/h3-9,14-16,18H,10-13,17H2,1-2H3. The summed E-state index contributed by atoms with van der Waals surface area (Å²) in [5.74, 6) is 0.987. The van der Waals surface area contributed by atoms with E-state index < -0.39 is 0 Å². The molecule has 7 nitrogen and oxygen atoms in total. The van der Waals surface area contributed by atoms with Crippen LogP contribution in [0.15, 0.2) is 60.9 Å². The minimum absolute atomic E-state index is 0.164. The van der Waals surface area contributed by atoms with Gasteiger partial charge in [0.25, 0.3) is 0 Å². The van der Waals surface area contributed by atoms with Crippen LogP contribution in [0.3, 0.4) is 0 Å². The summed E-state index contributed by atoms with van der Waals surface area (Å²) in [6.07, 6.45) is 3.78. The number of hydrogen-bond acceptors (Lipinski definition) is 5. The zero-order chi connectivity index (χ0) is 23.9. The van der Waals surface area contributed by atoms with Crippen molar-refractivity contribution in [1.29, 1.82) is 0 Å². The van der Waals surface area contributed by atoms with Gasteiger partial charge in [0, 0.05) is 53.7 Å². The fraction of sp³-hybridized carbons (Fsp3) is 0.296. The first-order valence-electron chi connectivity index (χ1n) is 12.0. The van der Waals surface area contributed by atoms with Crippen LogP contribution in [-0.2, 0) is 18.3 Å². The maximum Gasteiger partial charge on any atom is 0.173 e. The summed E-state index contributed by atoms with van der Waals surface area (Å²) in [7, 11) is 5.93. The molecule has 1 aliphatic rings. The summed E-state index contributed by atoms with van der Waals surface area (Å²) in [5.41, 5.74) is 7.67. The van der Waals surface area contributed by atoms with Crippen LogP contribution in [0, 0.1) is 0 Å². The number of benzene rings is 1. The van der Waals surface area contributed by atoms with Crippen molar-refractivity contribution in [3.05, 3.63) is 72.1 Å². The van der Waals surface area contributed by atoms with E-state index in [1.807, 2.05) is 18.5 Å². The van der Waals surface area contributed by atoms with Gasteiger partial charge in [0.2, 0.25) is 0 Å². The van der Waals surface area contributed by atoms with Crippen LogP contribution < -0.4 is 4.90 Å². The Morgan fingerprint density at radius 1 is 1.06 bits per heavy atom. The van der Waals surface area contributed by atoms with E-state index in [2.05, 4.69) is 85.9 Å². The van der Waals surface area contributed by atoms with Crippen LogP contribution in [0.25, 0.3) is 33.3 Å². The molecule has 3 radical (unpaired) electrons. The molecule has 175 valence electrons. The molecule has 0 N–H and O–H groups in total. The van der Waals surface area contributed by atoms with Gasteiger partial charge in [-0.05, 0) is 53.1 Å². The number of morpholine rings is 1. The molecule has 1 aliphatic heterocycles. The second-order valence-corrected chi connectivity index (χ2v) is 9.97. The molecule has 5 aromatic rings. The van der Waals surface area contributed by atoms with Crippen molar-refractivity contribution in [2.45, 2.75) is 19.0 Å². The van der Waals surface area contributed by atoms with Crippen molar-refractivity contribution in [3.63, 3.8) is 0 Å². The second kappa shape index (κ2) is 8.94. The quantitative estimate of drug-likeness (QED) is 0.355. The van der Waals surface area contributed by atoms with E-state index in [1.54, 1.807) is 0 Å². The Morgan fingerprint density at radius 2 is 1.91 bits per heavy atom. The lowest BCUT2D eigenvalue weighted by atomic mass is 10.0. The summed E-state index contributed by atoms with van der Waals surface area (Å²) in [6.45, 7) is 6.13. The van der Waals surface area contributed by atoms with Crippen LogP contribution in [0.5, 0.6) is 0 Å². The van der Waals surface area contributed by atoms with Gasteiger partial charge in [-0.15, -0.1) is 0 Å². The molecule has 35 heavy (non-hydrogen) atoms. The molecule has 0 saturated carbocycles. The van der Waals surface area contributed by atoms with Crippen LogP contribution >= 0.6 is 0 Å². The van der Waals surface area contributed by atoms with Crippen LogP contribution in [-0.4, -0.2) is 60.9 Å². The van der Waals surface area contributed by atoms with Crippen LogP contribution in [0.1, 0.15) is 23.6 Å². The minimum atomic E-state index is 0.164. The third kappa shape index (κ3) is 4.02. The molecule has 6 rings (SSSR count). The van der Waals surface area contributed by atoms with Crippen LogP contribution in [0.2, 0.25) is 0 Å². The number of pyridine rings is 3. The van der Waals surface area contributed by atoms with E-state index in [1.165, 1.54) is 5.56 Å². The smallest absolute Gasteiger partial charge is 0.173 e. The topological polar surface area (TPSA) is 61.0 Å². The Labute approximate surface area is 207 Å².